The van der Waals surface area contributed by atoms with E-state index in [0.29, 0.717) is 39.3 Å². The molecule has 2 aromatic heterocycles. The zero-order valence-corrected chi connectivity index (χ0v) is 18.3. The Balaban J connectivity index is 1.48. The topological polar surface area (TPSA) is 108 Å². The molecule has 8 heteroatoms. The summed E-state index contributed by atoms with van der Waals surface area (Å²) < 4.78 is 11.1. The van der Waals surface area contributed by atoms with Crippen molar-refractivity contribution in [3.63, 3.8) is 0 Å². The van der Waals surface area contributed by atoms with E-state index in [4.69, 9.17) is 9.47 Å². The third-order valence-corrected chi connectivity index (χ3v) is 5.78. The number of carbonyl (C=O) groups excluding carboxylic acids is 1. The summed E-state index contributed by atoms with van der Waals surface area (Å²) in [7, 11) is 1.55. The first-order chi connectivity index (χ1) is 16.0. The summed E-state index contributed by atoms with van der Waals surface area (Å²) >= 11 is 0. The first kappa shape index (κ1) is 21.0. The molecule has 0 bridgehead atoms. The van der Waals surface area contributed by atoms with Crippen molar-refractivity contribution in [2.24, 2.45) is 0 Å². The number of fused-ring (bicyclic) bond motifs is 3. The van der Waals surface area contributed by atoms with Crippen LogP contribution in [0.1, 0.15) is 24.2 Å². The lowest BCUT2D eigenvalue weighted by molar-refractivity contribution is -0.121. The number of nitrogens with zero attached hydrogens (tertiary/aromatic N) is 1. The number of amides is 1. The van der Waals surface area contributed by atoms with Gasteiger partial charge in [-0.1, -0.05) is 30.3 Å². The van der Waals surface area contributed by atoms with Gasteiger partial charge >= 0.3 is 0 Å². The number of aromatic amines is 1. The van der Waals surface area contributed by atoms with Crippen LogP contribution in [0.2, 0.25) is 0 Å². The van der Waals surface area contributed by atoms with E-state index in [9.17, 15) is 9.90 Å². The molecule has 0 radical (unpaired) electrons. The number of nitrogens with one attached hydrogen (secondary N) is 3. The van der Waals surface area contributed by atoms with Gasteiger partial charge in [-0.2, -0.15) is 0 Å². The number of hydrogen-bond acceptors (Lipinski definition) is 6. The highest BCUT2D eigenvalue weighted by molar-refractivity contribution is 6.12. The van der Waals surface area contributed by atoms with Gasteiger partial charge in [0.1, 0.15) is 28.8 Å². The molecule has 4 N–H and O–H groups in total. The second-order valence-corrected chi connectivity index (χ2v) is 8.25. The van der Waals surface area contributed by atoms with Crippen molar-refractivity contribution in [2.75, 3.05) is 24.4 Å². The van der Waals surface area contributed by atoms with Crippen LogP contribution in [0, 0.1) is 0 Å². The molecule has 3 heterocycles. The summed E-state index contributed by atoms with van der Waals surface area (Å²) in [5, 5.41) is 18.1. The lowest BCUT2D eigenvalue weighted by atomic mass is 9.95. The molecule has 1 amide bonds. The van der Waals surface area contributed by atoms with Crippen LogP contribution < -0.4 is 15.4 Å². The average molecular weight is 444 g/mol. The predicted molar refractivity (Wildman–Crippen MR) is 126 cm³/mol. The van der Waals surface area contributed by atoms with E-state index in [-0.39, 0.29) is 12.5 Å². The minimum atomic E-state index is -0.952. The fourth-order valence-corrected chi connectivity index (χ4v) is 4.07. The Hall–Kier alpha value is -3.88. The number of anilines is 2. The number of aromatic nitrogens is 2. The second-order valence-electron chi connectivity index (χ2n) is 8.25. The summed E-state index contributed by atoms with van der Waals surface area (Å²) in [6.45, 7) is 1.96. The van der Waals surface area contributed by atoms with E-state index in [0.717, 1.165) is 5.75 Å². The number of rotatable bonds is 6. The molecule has 2 unspecified atom stereocenters. The minimum Gasteiger partial charge on any atom is -0.457 e. The molecule has 4 aromatic rings. The van der Waals surface area contributed by atoms with Gasteiger partial charge in [0.25, 0.3) is 5.91 Å². The number of aliphatic hydroxyl groups excluding tert-OH is 1. The number of benzene rings is 2. The summed E-state index contributed by atoms with van der Waals surface area (Å²) in [5.74, 6) is 1.21. The van der Waals surface area contributed by atoms with Gasteiger partial charge in [0.05, 0.1) is 29.6 Å². The first-order valence-corrected chi connectivity index (χ1v) is 10.6. The number of para-hydroxylation sites is 1. The molecule has 5 rings (SSSR count). The number of carbonyl (C=O) groups is 1. The normalized spacial score (nSPS) is 18.3. The zero-order chi connectivity index (χ0) is 23.0. The van der Waals surface area contributed by atoms with Crippen molar-refractivity contribution in [1.29, 1.82) is 0 Å². The average Bonchev–Trinajstić information content (AvgIpc) is 3.26. The van der Waals surface area contributed by atoms with Crippen LogP contribution in [0.3, 0.4) is 0 Å². The van der Waals surface area contributed by atoms with Crippen LogP contribution >= 0.6 is 0 Å². The van der Waals surface area contributed by atoms with Gasteiger partial charge in [-0.05, 0) is 36.8 Å². The van der Waals surface area contributed by atoms with Gasteiger partial charge in [0.2, 0.25) is 0 Å². The molecule has 0 spiro atoms. The number of hydrogen-bond donors (Lipinski definition) is 4. The summed E-state index contributed by atoms with van der Waals surface area (Å²) in [6.07, 6.45) is 2.42. The molecule has 0 aliphatic carbocycles. The molecule has 0 fully saturated rings. The fraction of sp³-hybridized carbons (Fsp3) is 0.200. The van der Waals surface area contributed by atoms with Crippen molar-refractivity contribution in [1.82, 2.24) is 9.97 Å². The quantitative estimate of drug-likeness (QED) is 0.355. The molecular weight excluding hydrogens is 420 g/mol. The van der Waals surface area contributed by atoms with E-state index in [2.05, 4.69) is 20.6 Å². The Kier molecular flexibility index (Phi) is 5.24. The maximum Gasteiger partial charge on any atom is 0.252 e. The summed E-state index contributed by atoms with van der Waals surface area (Å²) in [6, 6.07) is 16.8. The van der Waals surface area contributed by atoms with Gasteiger partial charge in [-0.15, -0.1) is 0 Å². The van der Waals surface area contributed by atoms with Crippen molar-refractivity contribution in [3.05, 3.63) is 78.1 Å². The van der Waals surface area contributed by atoms with Gasteiger partial charge in [0, 0.05) is 18.9 Å². The largest absolute Gasteiger partial charge is 0.457 e. The van der Waals surface area contributed by atoms with E-state index < -0.39 is 11.6 Å². The smallest absolute Gasteiger partial charge is 0.252 e. The molecule has 1 aliphatic rings. The summed E-state index contributed by atoms with van der Waals surface area (Å²) in [5.41, 5.74) is 2.25. The Labute approximate surface area is 190 Å². The molecule has 8 nitrogen and oxygen atoms in total. The lowest BCUT2D eigenvalue weighted by Gasteiger charge is -2.35. The Morgan fingerprint density at radius 3 is 2.55 bits per heavy atom. The maximum atomic E-state index is 12.6. The molecule has 2 aromatic carbocycles. The summed E-state index contributed by atoms with van der Waals surface area (Å²) in [4.78, 5) is 20.1. The number of pyridine rings is 1. The molecule has 0 saturated carbocycles. The van der Waals surface area contributed by atoms with Gasteiger partial charge in [0.15, 0.2) is 0 Å². The first-order valence-electron chi connectivity index (χ1n) is 10.6. The SMILES string of the molecule is COCC1(C)Nc2c(cnc3[nH]cc(C(O)c4ccc(Oc5ccccc5)cc4)c23)NC1=O. The third kappa shape index (κ3) is 3.79. The van der Waals surface area contributed by atoms with Gasteiger partial charge in [-0.3, -0.25) is 4.79 Å². The predicted octanol–water partition coefficient (Wildman–Crippen LogP) is 4.21. The van der Waals surface area contributed by atoms with E-state index >= 15 is 0 Å². The minimum absolute atomic E-state index is 0.188. The number of ether oxygens (including phenoxy) is 2. The Morgan fingerprint density at radius 2 is 1.82 bits per heavy atom. The highest BCUT2D eigenvalue weighted by Crippen LogP contribution is 2.41. The third-order valence-electron chi connectivity index (χ3n) is 5.78. The van der Waals surface area contributed by atoms with E-state index in [1.54, 1.807) is 26.4 Å². The fourth-order valence-electron chi connectivity index (χ4n) is 4.07. The van der Waals surface area contributed by atoms with E-state index in [1.807, 2.05) is 54.6 Å². The number of methoxy groups -OCH3 is 1. The second kappa shape index (κ2) is 8.23. The standard InChI is InChI=1S/C25H24N4O4/c1-25(14-32-2)24(31)28-19-13-27-23-20(21(19)29-25)18(12-26-23)22(30)15-8-10-17(11-9-15)33-16-6-4-3-5-7-16/h3-13,22,29-30H,14H2,1-2H3,(H,26,27)(H,28,31). The Morgan fingerprint density at radius 1 is 1.09 bits per heavy atom. The lowest BCUT2D eigenvalue weighted by Crippen LogP contribution is -2.53. The van der Waals surface area contributed by atoms with Crippen LogP contribution in [0.15, 0.2) is 67.0 Å². The van der Waals surface area contributed by atoms with Crippen molar-refractivity contribution >= 4 is 28.3 Å². The zero-order valence-electron chi connectivity index (χ0n) is 18.3. The van der Waals surface area contributed by atoms with Crippen molar-refractivity contribution < 1.29 is 19.4 Å². The van der Waals surface area contributed by atoms with Crippen LogP contribution in [-0.4, -0.2) is 40.2 Å². The molecule has 33 heavy (non-hydrogen) atoms. The molecule has 0 saturated heterocycles. The van der Waals surface area contributed by atoms with Gasteiger partial charge < -0.3 is 30.2 Å². The van der Waals surface area contributed by atoms with E-state index in [1.165, 1.54) is 0 Å². The van der Waals surface area contributed by atoms with Crippen molar-refractivity contribution in [2.45, 2.75) is 18.6 Å². The number of H-pyrrole nitrogens is 1. The van der Waals surface area contributed by atoms with Crippen LogP contribution in [0.25, 0.3) is 11.0 Å². The maximum absolute atomic E-state index is 12.6. The van der Waals surface area contributed by atoms with Gasteiger partial charge in [-0.25, -0.2) is 4.98 Å². The molecular formula is C25H24N4O4. The highest BCUT2D eigenvalue weighted by atomic mass is 16.5. The number of aliphatic hydroxyl groups is 1. The highest BCUT2D eigenvalue weighted by Gasteiger charge is 2.39. The molecule has 2 atom stereocenters. The molecule has 1 aliphatic heterocycles. The van der Waals surface area contributed by atoms with Crippen LogP contribution in [0.4, 0.5) is 11.4 Å². The molecule has 168 valence electrons. The Bertz CT molecular complexity index is 1300. The van der Waals surface area contributed by atoms with Crippen LogP contribution in [0.5, 0.6) is 11.5 Å². The monoisotopic (exact) mass is 444 g/mol. The van der Waals surface area contributed by atoms with Crippen molar-refractivity contribution in [3.8, 4) is 11.5 Å². The van der Waals surface area contributed by atoms with Crippen LogP contribution in [-0.2, 0) is 9.53 Å².